The first-order chi connectivity index (χ1) is 11.1. The molecule has 0 aliphatic rings. The highest BCUT2D eigenvalue weighted by atomic mass is 32.2. The van der Waals surface area contributed by atoms with E-state index in [0.717, 1.165) is 0 Å². The molecule has 0 atom stereocenters. The number of nitrogens with zero attached hydrogens (tertiary/aromatic N) is 1. The molecule has 0 bridgehead atoms. The fourth-order valence-corrected chi connectivity index (χ4v) is 3.25. The molecule has 0 aliphatic carbocycles. The van der Waals surface area contributed by atoms with E-state index in [4.69, 9.17) is 0 Å². The van der Waals surface area contributed by atoms with Gasteiger partial charge < -0.3 is 0 Å². The van der Waals surface area contributed by atoms with Gasteiger partial charge in [-0.25, -0.2) is 12.8 Å². The molecule has 2 aromatic carbocycles. The second-order valence-corrected chi connectivity index (χ2v) is 6.53. The Morgan fingerprint density at radius 1 is 0.913 bits per heavy atom. The lowest BCUT2D eigenvalue weighted by Gasteiger charge is -2.12. The number of aromatic nitrogens is 1. The predicted molar refractivity (Wildman–Crippen MR) is 86.9 cm³/mol. The van der Waals surface area contributed by atoms with E-state index >= 15 is 0 Å². The molecule has 0 aliphatic heterocycles. The van der Waals surface area contributed by atoms with Crippen LogP contribution in [-0.2, 0) is 10.0 Å². The third-order valence-electron chi connectivity index (χ3n) is 3.27. The van der Waals surface area contributed by atoms with Gasteiger partial charge in [-0.2, -0.15) is 0 Å². The molecule has 0 fully saturated rings. The van der Waals surface area contributed by atoms with Crippen molar-refractivity contribution in [1.29, 1.82) is 0 Å². The zero-order valence-electron chi connectivity index (χ0n) is 12.0. The summed E-state index contributed by atoms with van der Waals surface area (Å²) in [5.41, 5.74) is 1.63. The lowest BCUT2D eigenvalue weighted by molar-refractivity contribution is 0.601. The van der Waals surface area contributed by atoms with Gasteiger partial charge in [-0.3, -0.25) is 9.71 Å². The van der Waals surface area contributed by atoms with Crippen molar-refractivity contribution in [2.75, 3.05) is 4.72 Å². The average molecular weight is 328 g/mol. The molecule has 0 amide bonds. The van der Waals surface area contributed by atoms with Gasteiger partial charge >= 0.3 is 0 Å². The first-order valence-electron chi connectivity index (χ1n) is 6.84. The number of anilines is 1. The third-order valence-corrected chi connectivity index (χ3v) is 4.66. The maximum atomic E-state index is 13.1. The third kappa shape index (κ3) is 3.37. The van der Waals surface area contributed by atoms with Crippen molar-refractivity contribution < 1.29 is 12.8 Å². The molecule has 0 radical (unpaired) electrons. The maximum absolute atomic E-state index is 13.1. The molecule has 0 unspecified atom stereocenters. The van der Waals surface area contributed by atoms with Gasteiger partial charge in [-0.05, 0) is 35.9 Å². The van der Waals surface area contributed by atoms with Gasteiger partial charge in [0.2, 0.25) is 0 Å². The van der Waals surface area contributed by atoms with Crippen molar-refractivity contribution in [3.05, 3.63) is 78.9 Å². The lowest BCUT2D eigenvalue weighted by atomic mass is 10.1. The molecule has 116 valence electrons. The Kier molecular flexibility index (Phi) is 4.08. The van der Waals surface area contributed by atoms with Crippen LogP contribution in [0.15, 0.2) is 78.0 Å². The van der Waals surface area contributed by atoms with E-state index in [1.165, 1.54) is 36.7 Å². The van der Waals surface area contributed by atoms with Crippen molar-refractivity contribution in [3.8, 4) is 11.1 Å². The highest BCUT2D eigenvalue weighted by Crippen LogP contribution is 2.28. The van der Waals surface area contributed by atoms with Gasteiger partial charge in [-0.1, -0.05) is 30.3 Å². The SMILES string of the molecule is O=S(=O)(Nc1ccncc1-c1ccc(F)cc1)c1ccccc1. The first kappa shape index (κ1) is 15.2. The molecule has 6 heteroatoms. The van der Waals surface area contributed by atoms with Crippen LogP contribution in [0.25, 0.3) is 11.1 Å². The predicted octanol–water partition coefficient (Wildman–Crippen LogP) is 3.69. The average Bonchev–Trinajstić information content (AvgIpc) is 2.57. The van der Waals surface area contributed by atoms with E-state index in [1.54, 1.807) is 36.4 Å². The van der Waals surface area contributed by atoms with Gasteiger partial charge in [0.15, 0.2) is 0 Å². The van der Waals surface area contributed by atoms with Gasteiger partial charge in [0, 0.05) is 18.0 Å². The molecule has 23 heavy (non-hydrogen) atoms. The standard InChI is InChI=1S/C17H13FN2O2S/c18-14-8-6-13(7-9-14)16-12-19-11-10-17(16)20-23(21,22)15-4-2-1-3-5-15/h1-12H,(H,19,20). The Balaban J connectivity index is 2.00. The number of benzene rings is 2. The summed E-state index contributed by atoms with van der Waals surface area (Å²) in [6.07, 6.45) is 3.03. The van der Waals surface area contributed by atoms with E-state index in [9.17, 15) is 12.8 Å². The fraction of sp³-hybridized carbons (Fsp3) is 0. The summed E-state index contributed by atoms with van der Waals surface area (Å²) in [5.74, 6) is -0.357. The minimum absolute atomic E-state index is 0.168. The fourth-order valence-electron chi connectivity index (χ4n) is 2.15. The summed E-state index contributed by atoms with van der Waals surface area (Å²) in [4.78, 5) is 4.19. The monoisotopic (exact) mass is 328 g/mol. The number of pyridine rings is 1. The summed E-state index contributed by atoms with van der Waals surface area (Å²) in [7, 11) is -3.70. The molecule has 0 saturated heterocycles. The van der Waals surface area contributed by atoms with Crippen LogP contribution < -0.4 is 4.72 Å². The van der Waals surface area contributed by atoms with E-state index in [-0.39, 0.29) is 10.7 Å². The summed E-state index contributed by atoms with van der Waals surface area (Å²) >= 11 is 0. The van der Waals surface area contributed by atoms with Gasteiger partial charge in [0.1, 0.15) is 5.82 Å². The van der Waals surface area contributed by atoms with Crippen LogP contribution in [0.5, 0.6) is 0 Å². The smallest absolute Gasteiger partial charge is 0.261 e. The normalized spacial score (nSPS) is 11.2. The van der Waals surface area contributed by atoms with Crippen molar-refractivity contribution in [2.24, 2.45) is 0 Å². The highest BCUT2D eigenvalue weighted by Gasteiger charge is 2.16. The topological polar surface area (TPSA) is 59.1 Å². The summed E-state index contributed by atoms with van der Waals surface area (Å²) in [6, 6.07) is 15.4. The van der Waals surface area contributed by atoms with Crippen molar-refractivity contribution in [2.45, 2.75) is 4.90 Å². The summed E-state index contributed by atoms with van der Waals surface area (Å²) in [6.45, 7) is 0. The maximum Gasteiger partial charge on any atom is 0.261 e. The van der Waals surface area contributed by atoms with Crippen molar-refractivity contribution in [3.63, 3.8) is 0 Å². The molecular weight excluding hydrogens is 315 g/mol. The van der Waals surface area contributed by atoms with Crippen LogP contribution >= 0.6 is 0 Å². The molecule has 4 nitrogen and oxygen atoms in total. The van der Waals surface area contributed by atoms with Crippen LogP contribution in [0.3, 0.4) is 0 Å². The van der Waals surface area contributed by atoms with Crippen LogP contribution in [-0.4, -0.2) is 13.4 Å². The second-order valence-electron chi connectivity index (χ2n) is 4.85. The Bertz CT molecular complexity index is 911. The molecule has 1 aromatic heterocycles. The van der Waals surface area contributed by atoms with E-state index in [1.807, 2.05) is 0 Å². The minimum Gasteiger partial charge on any atom is -0.279 e. The van der Waals surface area contributed by atoms with Crippen molar-refractivity contribution >= 4 is 15.7 Å². The quantitative estimate of drug-likeness (QED) is 0.794. The highest BCUT2D eigenvalue weighted by molar-refractivity contribution is 7.92. The summed E-state index contributed by atoms with van der Waals surface area (Å²) in [5, 5.41) is 0. The second kappa shape index (κ2) is 6.18. The van der Waals surface area contributed by atoms with Crippen molar-refractivity contribution in [1.82, 2.24) is 4.98 Å². The largest absolute Gasteiger partial charge is 0.279 e. The van der Waals surface area contributed by atoms with Crippen LogP contribution in [0.1, 0.15) is 0 Å². The molecule has 0 spiro atoms. The van der Waals surface area contributed by atoms with E-state index < -0.39 is 10.0 Å². The minimum atomic E-state index is -3.70. The molecule has 0 saturated carbocycles. The van der Waals surface area contributed by atoms with Crippen LogP contribution in [0.4, 0.5) is 10.1 Å². The lowest BCUT2D eigenvalue weighted by Crippen LogP contribution is -2.13. The number of hydrogen-bond acceptors (Lipinski definition) is 3. The molecular formula is C17H13FN2O2S. The summed E-state index contributed by atoms with van der Waals surface area (Å²) < 4.78 is 40.5. The number of hydrogen-bond donors (Lipinski definition) is 1. The molecule has 3 rings (SSSR count). The molecule has 3 aromatic rings. The van der Waals surface area contributed by atoms with Crippen LogP contribution in [0.2, 0.25) is 0 Å². The van der Waals surface area contributed by atoms with Gasteiger partial charge in [0.25, 0.3) is 10.0 Å². The zero-order chi connectivity index (χ0) is 16.3. The number of nitrogens with one attached hydrogen (secondary N) is 1. The zero-order valence-corrected chi connectivity index (χ0v) is 12.8. The Labute approximate surface area is 133 Å². The van der Waals surface area contributed by atoms with Gasteiger partial charge in [0.05, 0.1) is 10.6 Å². The number of sulfonamides is 1. The molecule has 1 heterocycles. The van der Waals surface area contributed by atoms with E-state index in [2.05, 4.69) is 9.71 Å². The van der Waals surface area contributed by atoms with E-state index in [0.29, 0.717) is 16.8 Å². The first-order valence-corrected chi connectivity index (χ1v) is 8.32. The van der Waals surface area contributed by atoms with Crippen LogP contribution in [0, 0.1) is 5.82 Å². The molecule has 1 N–H and O–H groups in total. The van der Waals surface area contributed by atoms with Gasteiger partial charge in [-0.15, -0.1) is 0 Å². The Morgan fingerprint density at radius 3 is 2.30 bits per heavy atom. The number of halogens is 1. The Hall–Kier alpha value is -2.73. The number of rotatable bonds is 4. The Morgan fingerprint density at radius 2 is 1.61 bits per heavy atom.